The van der Waals surface area contributed by atoms with Gasteiger partial charge < -0.3 is 0 Å². The van der Waals surface area contributed by atoms with Crippen LogP contribution in [-0.4, -0.2) is 15.0 Å². The zero-order valence-corrected chi connectivity index (χ0v) is 31.5. The molecule has 0 saturated carbocycles. The quantitative estimate of drug-likeness (QED) is 0.160. The highest BCUT2D eigenvalue weighted by Crippen LogP contribution is 2.38. The molecule has 11 rings (SSSR count). The monoisotopic (exact) mass is 737 g/mol. The van der Waals surface area contributed by atoms with Crippen molar-refractivity contribution >= 4 is 43.1 Å². The van der Waals surface area contributed by atoms with E-state index in [1.54, 1.807) is 6.20 Å². The molecule has 0 unspecified atom stereocenters. The van der Waals surface area contributed by atoms with Gasteiger partial charge in [-0.05, 0) is 94.7 Å². The molecule has 0 amide bonds. The van der Waals surface area contributed by atoms with Crippen molar-refractivity contribution in [1.29, 1.82) is 0 Å². The molecule has 3 nitrogen and oxygen atoms in total. The van der Waals surface area contributed by atoms with E-state index >= 15 is 0 Å². The maximum absolute atomic E-state index is 5.20. The number of hydrogen-bond acceptors (Lipinski definition) is 3. The van der Waals surface area contributed by atoms with Crippen LogP contribution in [0.25, 0.3) is 110 Å². The highest BCUT2D eigenvalue weighted by molar-refractivity contribution is 6.25. The molecule has 0 spiro atoms. The first-order valence-electron chi connectivity index (χ1n) is 19.7. The molecule has 58 heavy (non-hydrogen) atoms. The summed E-state index contributed by atoms with van der Waals surface area (Å²) in [6.07, 6.45) is 3.69. The summed E-state index contributed by atoms with van der Waals surface area (Å²) in [4.78, 5) is 14.7. The molecule has 0 radical (unpaired) electrons. The Balaban J connectivity index is 0.987. The van der Waals surface area contributed by atoms with Crippen LogP contribution in [0.4, 0.5) is 0 Å². The molecule has 0 N–H and O–H groups in total. The fourth-order valence-electron chi connectivity index (χ4n) is 8.44. The summed E-state index contributed by atoms with van der Waals surface area (Å²) in [7, 11) is 0. The van der Waals surface area contributed by atoms with E-state index in [1.165, 1.54) is 59.8 Å². The summed E-state index contributed by atoms with van der Waals surface area (Å²) in [6.45, 7) is 0. The lowest BCUT2D eigenvalue weighted by Crippen LogP contribution is -1.96. The summed E-state index contributed by atoms with van der Waals surface area (Å²) in [5.41, 5.74) is 11.7. The first kappa shape index (κ1) is 33.6. The first-order valence-corrected chi connectivity index (χ1v) is 19.7. The lowest BCUT2D eigenvalue weighted by atomic mass is 9.92. The van der Waals surface area contributed by atoms with Gasteiger partial charge in [-0.3, -0.25) is 4.98 Å². The third-order valence-corrected chi connectivity index (χ3v) is 11.4. The van der Waals surface area contributed by atoms with Crippen molar-refractivity contribution < 1.29 is 0 Å². The van der Waals surface area contributed by atoms with Gasteiger partial charge in [-0.15, -0.1) is 0 Å². The molecule has 0 atom stereocenters. The topological polar surface area (TPSA) is 38.7 Å². The van der Waals surface area contributed by atoms with E-state index in [0.717, 1.165) is 44.8 Å². The molecule has 3 heteroatoms. The van der Waals surface area contributed by atoms with Crippen molar-refractivity contribution in [2.75, 3.05) is 0 Å². The Bertz CT molecular complexity index is 3260. The second-order valence-corrected chi connectivity index (χ2v) is 14.8. The predicted octanol–water partition coefficient (Wildman–Crippen LogP) is 14.5. The van der Waals surface area contributed by atoms with Gasteiger partial charge in [0.25, 0.3) is 0 Å². The molecule has 0 bridgehead atoms. The molecule has 0 saturated heterocycles. The van der Waals surface area contributed by atoms with E-state index in [9.17, 15) is 0 Å². The van der Waals surface area contributed by atoms with E-state index in [2.05, 4.69) is 199 Å². The second-order valence-electron chi connectivity index (χ2n) is 14.8. The Kier molecular flexibility index (Phi) is 8.15. The van der Waals surface area contributed by atoms with Gasteiger partial charge in [0.2, 0.25) is 0 Å². The summed E-state index contributed by atoms with van der Waals surface area (Å²) < 4.78 is 0. The van der Waals surface area contributed by atoms with Crippen LogP contribution in [0.3, 0.4) is 0 Å². The van der Waals surface area contributed by atoms with Crippen LogP contribution >= 0.6 is 0 Å². The van der Waals surface area contributed by atoms with Crippen LogP contribution in [0.2, 0.25) is 0 Å². The van der Waals surface area contributed by atoms with Gasteiger partial charge in [0, 0.05) is 29.1 Å². The minimum Gasteiger partial charge on any atom is -0.264 e. The van der Waals surface area contributed by atoms with Crippen molar-refractivity contribution in [3.63, 3.8) is 0 Å². The lowest BCUT2D eigenvalue weighted by molar-refractivity contribution is 1.18. The minimum atomic E-state index is 0.685. The number of pyridine rings is 1. The van der Waals surface area contributed by atoms with Gasteiger partial charge in [-0.25, -0.2) is 9.97 Å². The van der Waals surface area contributed by atoms with Gasteiger partial charge in [0.1, 0.15) is 0 Å². The molecule has 270 valence electrons. The molecule has 9 aromatic carbocycles. The number of fused-ring (bicyclic) bond motifs is 7. The largest absolute Gasteiger partial charge is 0.264 e. The molecule has 0 aliphatic carbocycles. The van der Waals surface area contributed by atoms with Crippen LogP contribution in [0.15, 0.2) is 213 Å². The molecule has 0 aliphatic heterocycles. The van der Waals surface area contributed by atoms with Crippen LogP contribution in [0, 0.1) is 0 Å². The van der Waals surface area contributed by atoms with Crippen LogP contribution in [0.1, 0.15) is 0 Å². The van der Waals surface area contributed by atoms with E-state index in [-0.39, 0.29) is 0 Å². The van der Waals surface area contributed by atoms with Crippen molar-refractivity contribution in [1.82, 2.24) is 15.0 Å². The fourth-order valence-corrected chi connectivity index (χ4v) is 8.44. The maximum atomic E-state index is 5.20. The predicted molar refractivity (Wildman–Crippen MR) is 242 cm³/mol. The normalized spacial score (nSPS) is 11.4. The SMILES string of the molecule is c1cncc(-c2ccc(-c3cc(-c4ccc(-c5cccc6ccccc56)cc4)nc(-c4ccc(-c5ccc6c7ccccc7c7ccccc7c6c5)cc4)n3)cc2)c1. The number of benzene rings is 9. The second kappa shape index (κ2) is 14.1. The Morgan fingerprint density at radius 1 is 0.276 bits per heavy atom. The summed E-state index contributed by atoms with van der Waals surface area (Å²) >= 11 is 0. The number of aromatic nitrogens is 3. The van der Waals surface area contributed by atoms with Crippen LogP contribution in [0.5, 0.6) is 0 Å². The van der Waals surface area contributed by atoms with E-state index in [1.807, 2.05) is 12.3 Å². The summed E-state index contributed by atoms with van der Waals surface area (Å²) in [5, 5.41) is 10.1. The maximum Gasteiger partial charge on any atom is 0.160 e. The number of rotatable bonds is 6. The van der Waals surface area contributed by atoms with E-state index in [0.29, 0.717) is 5.82 Å². The lowest BCUT2D eigenvalue weighted by Gasteiger charge is -2.13. The zero-order chi connectivity index (χ0) is 38.4. The highest BCUT2D eigenvalue weighted by atomic mass is 14.9. The average molecular weight is 738 g/mol. The first-order chi connectivity index (χ1) is 28.7. The highest BCUT2D eigenvalue weighted by Gasteiger charge is 2.14. The van der Waals surface area contributed by atoms with Crippen molar-refractivity contribution in [3.8, 4) is 67.3 Å². The molecule has 11 aromatic rings. The average Bonchev–Trinajstić information content (AvgIpc) is 3.31. The number of hydrogen-bond donors (Lipinski definition) is 0. The molecule has 2 aromatic heterocycles. The Labute approximate surface area is 336 Å². The Morgan fingerprint density at radius 2 is 0.759 bits per heavy atom. The minimum absolute atomic E-state index is 0.685. The fraction of sp³-hybridized carbons (Fsp3) is 0. The summed E-state index contributed by atoms with van der Waals surface area (Å²) in [5.74, 6) is 0.685. The Morgan fingerprint density at radius 3 is 1.38 bits per heavy atom. The molecule has 0 aliphatic rings. The van der Waals surface area contributed by atoms with Crippen molar-refractivity contribution in [3.05, 3.63) is 213 Å². The van der Waals surface area contributed by atoms with Crippen LogP contribution < -0.4 is 0 Å². The zero-order valence-electron chi connectivity index (χ0n) is 31.5. The summed E-state index contributed by atoms with van der Waals surface area (Å²) in [6, 6.07) is 71.5. The molecular weight excluding hydrogens is 703 g/mol. The molecule has 0 fully saturated rings. The van der Waals surface area contributed by atoms with Gasteiger partial charge in [0.05, 0.1) is 11.4 Å². The Hall–Kier alpha value is -7.75. The smallest absolute Gasteiger partial charge is 0.160 e. The third kappa shape index (κ3) is 5.98. The van der Waals surface area contributed by atoms with E-state index in [4.69, 9.17) is 9.97 Å². The van der Waals surface area contributed by atoms with E-state index < -0.39 is 0 Å². The van der Waals surface area contributed by atoms with Gasteiger partial charge in [-0.1, -0.05) is 182 Å². The molecule has 2 heterocycles. The van der Waals surface area contributed by atoms with Gasteiger partial charge in [-0.2, -0.15) is 0 Å². The van der Waals surface area contributed by atoms with Crippen molar-refractivity contribution in [2.24, 2.45) is 0 Å². The van der Waals surface area contributed by atoms with Crippen LogP contribution in [-0.2, 0) is 0 Å². The van der Waals surface area contributed by atoms with Gasteiger partial charge in [0.15, 0.2) is 5.82 Å². The standard InChI is InChI=1S/C55H35N3/c1-2-12-45-38(9-1)10-7-17-46(45)39-22-26-41(27-23-39)54-34-53(40-24-18-37(19-25-40)44-11-8-32-56-35-44)57-55(58-54)42-28-20-36(21-29-42)43-30-31-51-49-15-4-3-13-47(49)48-14-5-6-16-50(48)52(51)33-43/h1-35H. The molecular formula is C55H35N3. The third-order valence-electron chi connectivity index (χ3n) is 11.4. The van der Waals surface area contributed by atoms with Gasteiger partial charge >= 0.3 is 0 Å². The van der Waals surface area contributed by atoms with Crippen molar-refractivity contribution in [2.45, 2.75) is 0 Å². The number of nitrogens with zero attached hydrogens (tertiary/aromatic N) is 3.